The van der Waals surface area contributed by atoms with Crippen LogP contribution in [0.1, 0.15) is 76.2 Å². The van der Waals surface area contributed by atoms with E-state index >= 15 is 0 Å². The zero-order valence-corrected chi connectivity index (χ0v) is 37.1. The second kappa shape index (κ2) is 14.1. The number of esters is 2. The number of hydrogen-bond donors (Lipinski definition) is 0. The molecule has 0 amide bonds. The van der Waals surface area contributed by atoms with Gasteiger partial charge in [-0.3, -0.25) is 9.59 Å². The first-order chi connectivity index (χ1) is 24.6. The van der Waals surface area contributed by atoms with E-state index < -0.39 is 78.8 Å². The van der Waals surface area contributed by atoms with E-state index in [9.17, 15) is 9.59 Å². The van der Waals surface area contributed by atoms with Gasteiger partial charge in [0.25, 0.3) is 8.32 Å². The van der Waals surface area contributed by atoms with E-state index in [0.717, 1.165) is 15.9 Å². The van der Waals surface area contributed by atoms with Crippen LogP contribution in [0.3, 0.4) is 0 Å². The highest BCUT2D eigenvalue weighted by molar-refractivity contribution is 6.99. The molecule has 53 heavy (non-hydrogen) atoms. The van der Waals surface area contributed by atoms with Crippen LogP contribution in [0, 0.1) is 17.8 Å². The maximum Gasteiger partial charge on any atom is 0.344 e. The molecule has 3 heterocycles. The van der Waals surface area contributed by atoms with Gasteiger partial charge in [-0.1, -0.05) is 136 Å². The van der Waals surface area contributed by atoms with Gasteiger partial charge in [-0.25, -0.2) is 0 Å². The lowest BCUT2D eigenvalue weighted by molar-refractivity contribution is -0.237. The van der Waals surface area contributed by atoms with Crippen LogP contribution >= 0.6 is 0 Å². The first-order valence-electron chi connectivity index (χ1n) is 19.5. The van der Waals surface area contributed by atoms with Crippen molar-refractivity contribution in [2.24, 2.45) is 17.8 Å². The summed E-state index contributed by atoms with van der Waals surface area (Å²) >= 11 is 0. The first kappa shape index (κ1) is 40.4. The van der Waals surface area contributed by atoms with Crippen molar-refractivity contribution in [1.29, 1.82) is 0 Å². The molecule has 8 nitrogen and oxygen atoms in total. The first-order valence-corrected chi connectivity index (χ1v) is 26.3. The average molecular weight is 779 g/mol. The summed E-state index contributed by atoms with van der Waals surface area (Å²) in [5.41, 5.74) is 0.195. The number of fused-ring (bicyclic) bond motifs is 4. The third kappa shape index (κ3) is 6.74. The third-order valence-electron chi connectivity index (χ3n) is 12.9. The Bertz CT molecular complexity index is 1650. The van der Waals surface area contributed by atoms with Crippen molar-refractivity contribution >= 4 is 47.5 Å². The fourth-order valence-corrected chi connectivity index (χ4v) is 18.5. The highest BCUT2D eigenvalue weighted by atomic mass is 28.4. The van der Waals surface area contributed by atoms with Crippen LogP contribution < -0.4 is 10.4 Å². The normalized spacial score (nSPS) is 30.4. The molecule has 3 saturated heterocycles. The highest BCUT2D eigenvalue weighted by Gasteiger charge is 2.67. The van der Waals surface area contributed by atoms with E-state index in [4.69, 9.17) is 27.2 Å². The smallest absolute Gasteiger partial charge is 0.344 e. The van der Waals surface area contributed by atoms with Gasteiger partial charge in [0.05, 0.1) is 24.7 Å². The third-order valence-corrected chi connectivity index (χ3v) is 26.9. The summed E-state index contributed by atoms with van der Waals surface area (Å²) in [6.07, 6.45) is 0.238. The van der Waals surface area contributed by atoms with Gasteiger partial charge in [-0.05, 0) is 57.1 Å². The standard InChI is InChI=1S/C42H62O8Si3/c1-27(2)53(28(3)4)46-26-42(11)37(50-53)36(49-52(41(8,9)10,30-20-16-14-17-21-30)31-22-18-15-19-23-31)32-24-29(25-45-51(12,13)40(5,6)7)33-34(35(32)48-42)39(44)47-38(33)43/h14-24,27-29,33-37H,25-26H2,1-13H3/t29-,33+,34+,35-,36+,37+,42-/m1/s1. The molecule has 7 atom stereocenters. The van der Waals surface area contributed by atoms with Crippen LogP contribution in [0.25, 0.3) is 0 Å². The summed E-state index contributed by atoms with van der Waals surface area (Å²) in [5.74, 6) is -3.03. The minimum Gasteiger partial charge on any atom is -0.416 e. The SMILES string of the molecule is CC(C)[Si]1(C(C)C)OC[C@@]2(C)O[C@@H]3C(=C[C@H](CO[Si](C)(C)C(C)(C)C)[C@@H]4C(=O)OC(=O)[C@@H]43)[C@H](O[Si](c3ccccc3)(c3ccccc3)C(C)(C)C)[C@@H]2O1. The van der Waals surface area contributed by atoms with Crippen LogP contribution in [-0.2, 0) is 36.8 Å². The Morgan fingerprint density at radius 1 is 0.830 bits per heavy atom. The molecule has 6 rings (SSSR count). The molecule has 0 N–H and O–H groups in total. The monoisotopic (exact) mass is 778 g/mol. The molecule has 11 heteroatoms. The topological polar surface area (TPSA) is 89.5 Å². The number of ether oxygens (including phenoxy) is 2. The molecule has 3 fully saturated rings. The van der Waals surface area contributed by atoms with Crippen LogP contribution in [0.15, 0.2) is 72.3 Å². The molecule has 0 spiro atoms. The van der Waals surface area contributed by atoms with Crippen molar-refractivity contribution < 1.29 is 36.8 Å². The summed E-state index contributed by atoms with van der Waals surface area (Å²) in [4.78, 5) is 27.4. The Hall–Kier alpha value is -2.23. The van der Waals surface area contributed by atoms with Crippen molar-refractivity contribution in [3.05, 3.63) is 72.3 Å². The number of carbonyl (C=O) groups excluding carboxylic acids is 2. The molecule has 0 aromatic heterocycles. The number of carbonyl (C=O) groups is 2. The Labute approximate surface area is 320 Å². The highest BCUT2D eigenvalue weighted by Crippen LogP contribution is 2.54. The van der Waals surface area contributed by atoms with Gasteiger partial charge >= 0.3 is 20.5 Å². The van der Waals surface area contributed by atoms with Gasteiger partial charge in [-0.15, -0.1) is 0 Å². The van der Waals surface area contributed by atoms with Crippen molar-refractivity contribution in [1.82, 2.24) is 0 Å². The molecule has 0 unspecified atom stereocenters. The predicted octanol–water partition coefficient (Wildman–Crippen LogP) is 7.66. The van der Waals surface area contributed by atoms with Crippen molar-refractivity contribution in [3.8, 4) is 0 Å². The van der Waals surface area contributed by atoms with Gasteiger partial charge in [-0.2, -0.15) is 0 Å². The number of benzene rings is 2. The van der Waals surface area contributed by atoms with Crippen LogP contribution in [0.4, 0.5) is 0 Å². The quantitative estimate of drug-likeness (QED) is 0.111. The largest absolute Gasteiger partial charge is 0.416 e. The van der Waals surface area contributed by atoms with Crippen LogP contribution in [0.2, 0.25) is 34.3 Å². The fraction of sp³-hybridized carbons (Fsp3) is 0.619. The summed E-state index contributed by atoms with van der Waals surface area (Å²) in [5, 5.41) is 1.93. The van der Waals surface area contributed by atoms with E-state index in [1.165, 1.54) is 0 Å². The molecule has 4 aliphatic rings. The zero-order valence-electron chi connectivity index (χ0n) is 34.1. The predicted molar refractivity (Wildman–Crippen MR) is 215 cm³/mol. The molecule has 0 saturated carbocycles. The van der Waals surface area contributed by atoms with E-state index in [0.29, 0.717) is 13.2 Å². The molecule has 3 aliphatic heterocycles. The Kier molecular flexibility index (Phi) is 10.7. The van der Waals surface area contributed by atoms with E-state index in [1.54, 1.807) is 0 Å². The second-order valence-corrected chi connectivity index (χ2v) is 32.4. The molecular weight excluding hydrogens is 717 g/mol. The maximum atomic E-state index is 13.8. The van der Waals surface area contributed by atoms with Crippen molar-refractivity contribution in [2.75, 3.05) is 13.2 Å². The molecule has 1 aliphatic carbocycles. The number of cyclic esters (lactones) is 2. The summed E-state index contributed by atoms with van der Waals surface area (Å²) in [7, 11) is -8.25. The minimum absolute atomic E-state index is 0.0367. The molecule has 0 bridgehead atoms. The summed E-state index contributed by atoms with van der Waals surface area (Å²) < 4.78 is 41.8. The second-order valence-electron chi connectivity index (χ2n) is 19.1. The number of rotatable bonds is 9. The van der Waals surface area contributed by atoms with E-state index in [1.807, 2.05) is 19.1 Å². The van der Waals surface area contributed by atoms with Crippen LogP contribution in [0.5, 0.6) is 0 Å². The Balaban J connectivity index is 1.60. The number of hydrogen-bond acceptors (Lipinski definition) is 8. The lowest BCUT2D eigenvalue weighted by atomic mass is 9.68. The maximum absolute atomic E-state index is 13.8. The lowest BCUT2D eigenvalue weighted by Crippen LogP contribution is -2.75. The average Bonchev–Trinajstić information content (AvgIpc) is 3.38. The van der Waals surface area contributed by atoms with Gasteiger partial charge < -0.3 is 27.2 Å². The molecular formula is C42H62O8Si3. The van der Waals surface area contributed by atoms with Crippen molar-refractivity contribution in [2.45, 2.75) is 134 Å². The minimum atomic E-state index is -3.19. The van der Waals surface area contributed by atoms with Crippen molar-refractivity contribution in [3.63, 3.8) is 0 Å². The molecule has 290 valence electrons. The molecule has 2 aromatic rings. The summed E-state index contributed by atoms with van der Waals surface area (Å²) in [6.45, 7) is 29.2. The lowest BCUT2D eigenvalue weighted by Gasteiger charge is -2.60. The van der Waals surface area contributed by atoms with E-state index in [-0.39, 0.29) is 21.2 Å². The van der Waals surface area contributed by atoms with E-state index in [2.05, 4.69) is 137 Å². The molecule has 0 radical (unpaired) electrons. The van der Waals surface area contributed by atoms with Gasteiger partial charge in [0.2, 0.25) is 0 Å². The van der Waals surface area contributed by atoms with Gasteiger partial charge in [0.1, 0.15) is 17.6 Å². The summed E-state index contributed by atoms with van der Waals surface area (Å²) in [6, 6.07) is 21.2. The zero-order chi connectivity index (χ0) is 38.9. The molecule has 2 aromatic carbocycles. The van der Waals surface area contributed by atoms with Gasteiger partial charge in [0.15, 0.2) is 8.32 Å². The van der Waals surface area contributed by atoms with Crippen LogP contribution in [-0.4, -0.2) is 74.3 Å². The fourth-order valence-electron chi connectivity index (χ4n) is 8.93. The Morgan fingerprint density at radius 3 is 1.85 bits per heavy atom. The Morgan fingerprint density at radius 2 is 1.36 bits per heavy atom. The van der Waals surface area contributed by atoms with Gasteiger partial charge in [0, 0.05) is 12.5 Å².